The van der Waals surface area contributed by atoms with E-state index in [1.54, 1.807) is 42.6 Å². The molecule has 4 rings (SSSR count). The topological polar surface area (TPSA) is 87.7 Å². The molecule has 0 saturated heterocycles. The highest BCUT2D eigenvalue weighted by molar-refractivity contribution is 5.56. The summed E-state index contributed by atoms with van der Waals surface area (Å²) in [5, 5.41) is 8.89. The molecule has 0 aliphatic rings. The summed E-state index contributed by atoms with van der Waals surface area (Å²) < 4.78 is 8.62. The van der Waals surface area contributed by atoms with Gasteiger partial charge in [-0.25, -0.2) is 14.6 Å². The Hall–Kier alpha value is -3.65. The maximum absolute atomic E-state index is 12.6. The van der Waals surface area contributed by atoms with E-state index in [2.05, 4.69) is 20.2 Å². The molecule has 158 valence electrons. The van der Waals surface area contributed by atoms with Crippen LogP contribution < -0.4 is 5.43 Å². The van der Waals surface area contributed by atoms with Crippen molar-refractivity contribution in [3.8, 4) is 17.1 Å². The van der Waals surface area contributed by atoms with Gasteiger partial charge in [0.2, 0.25) is 5.43 Å². The Morgan fingerprint density at radius 2 is 1.94 bits per heavy atom. The monoisotopic (exact) mass is 416 g/mol. The van der Waals surface area contributed by atoms with Gasteiger partial charge in [0.1, 0.15) is 11.4 Å². The SMILES string of the molecule is CCn1cc(-n2ccc(=O)c(C(C)c3cccc(-c4ncc(COC)cn4)c3)n2)cn1. The first-order chi connectivity index (χ1) is 15.1. The van der Waals surface area contributed by atoms with Gasteiger partial charge in [0.25, 0.3) is 0 Å². The van der Waals surface area contributed by atoms with E-state index < -0.39 is 0 Å². The molecule has 4 aromatic rings. The van der Waals surface area contributed by atoms with Crippen molar-refractivity contribution in [2.75, 3.05) is 7.11 Å². The van der Waals surface area contributed by atoms with E-state index in [1.165, 1.54) is 0 Å². The number of aromatic nitrogens is 6. The second-order valence-electron chi connectivity index (χ2n) is 7.26. The lowest BCUT2D eigenvalue weighted by molar-refractivity contribution is 0.184. The number of nitrogens with zero attached hydrogens (tertiary/aromatic N) is 6. The molecule has 0 saturated carbocycles. The summed E-state index contributed by atoms with van der Waals surface area (Å²) in [6.45, 7) is 5.24. The molecule has 3 heterocycles. The Morgan fingerprint density at radius 1 is 1.13 bits per heavy atom. The zero-order valence-electron chi connectivity index (χ0n) is 17.8. The van der Waals surface area contributed by atoms with Crippen LogP contribution in [-0.4, -0.2) is 36.6 Å². The maximum Gasteiger partial charge on any atom is 0.203 e. The van der Waals surface area contributed by atoms with Crippen molar-refractivity contribution >= 4 is 0 Å². The molecule has 1 aromatic carbocycles. The lowest BCUT2D eigenvalue weighted by atomic mass is 9.95. The average molecular weight is 416 g/mol. The van der Waals surface area contributed by atoms with Crippen molar-refractivity contribution < 1.29 is 4.74 Å². The highest BCUT2D eigenvalue weighted by Gasteiger charge is 2.16. The van der Waals surface area contributed by atoms with Gasteiger partial charge in [-0.05, 0) is 18.6 Å². The van der Waals surface area contributed by atoms with Crippen LogP contribution in [0.4, 0.5) is 0 Å². The third kappa shape index (κ3) is 4.44. The first kappa shape index (κ1) is 20.6. The number of benzene rings is 1. The van der Waals surface area contributed by atoms with Crippen LogP contribution in [0, 0.1) is 0 Å². The molecule has 0 aliphatic carbocycles. The standard InChI is InChI=1S/C23H24N6O2/c1-4-28-14-20(13-26-28)29-9-8-21(30)22(27-29)16(2)18-6-5-7-19(10-18)23-24-11-17(12-25-23)15-31-3/h5-14,16H,4,15H2,1-3H3. The fourth-order valence-corrected chi connectivity index (χ4v) is 3.36. The van der Waals surface area contributed by atoms with E-state index in [0.29, 0.717) is 18.1 Å². The number of methoxy groups -OCH3 is 1. The van der Waals surface area contributed by atoms with Gasteiger partial charge >= 0.3 is 0 Å². The van der Waals surface area contributed by atoms with Crippen LogP contribution in [0.1, 0.15) is 36.6 Å². The van der Waals surface area contributed by atoms with E-state index in [-0.39, 0.29) is 11.3 Å². The van der Waals surface area contributed by atoms with Gasteiger partial charge in [-0.15, -0.1) is 0 Å². The molecule has 0 amide bonds. The van der Waals surface area contributed by atoms with E-state index in [0.717, 1.165) is 28.9 Å². The fraction of sp³-hybridized carbons (Fsp3) is 0.261. The molecular weight excluding hydrogens is 392 g/mol. The minimum Gasteiger partial charge on any atom is -0.380 e. The Balaban J connectivity index is 1.65. The summed E-state index contributed by atoms with van der Waals surface area (Å²) in [5.41, 5.74) is 3.95. The van der Waals surface area contributed by atoms with E-state index in [4.69, 9.17) is 4.74 Å². The number of rotatable bonds is 7. The molecule has 0 N–H and O–H groups in total. The van der Waals surface area contributed by atoms with Crippen molar-refractivity contribution in [2.45, 2.75) is 32.9 Å². The summed E-state index contributed by atoms with van der Waals surface area (Å²) in [6, 6.07) is 9.44. The molecule has 0 fully saturated rings. The molecule has 31 heavy (non-hydrogen) atoms. The van der Waals surface area contributed by atoms with Crippen LogP contribution in [0.2, 0.25) is 0 Å². The van der Waals surface area contributed by atoms with Gasteiger partial charge in [-0.3, -0.25) is 9.48 Å². The molecule has 0 aliphatic heterocycles. The highest BCUT2D eigenvalue weighted by Crippen LogP contribution is 2.25. The van der Waals surface area contributed by atoms with Gasteiger partial charge < -0.3 is 4.74 Å². The van der Waals surface area contributed by atoms with Crippen LogP contribution in [0.3, 0.4) is 0 Å². The third-order valence-corrected chi connectivity index (χ3v) is 5.11. The molecule has 8 heteroatoms. The lowest BCUT2D eigenvalue weighted by Crippen LogP contribution is -2.18. The first-order valence-electron chi connectivity index (χ1n) is 10.1. The Morgan fingerprint density at radius 3 is 2.65 bits per heavy atom. The van der Waals surface area contributed by atoms with Gasteiger partial charge in [0.15, 0.2) is 5.82 Å². The van der Waals surface area contributed by atoms with Gasteiger partial charge in [-0.1, -0.05) is 25.1 Å². The molecule has 0 bridgehead atoms. The van der Waals surface area contributed by atoms with Crippen LogP contribution in [0.15, 0.2) is 66.1 Å². The van der Waals surface area contributed by atoms with E-state index >= 15 is 0 Å². The van der Waals surface area contributed by atoms with Crippen LogP contribution in [-0.2, 0) is 17.9 Å². The number of aryl methyl sites for hydroxylation is 1. The second kappa shape index (κ2) is 9.01. The molecular formula is C23H24N6O2. The van der Waals surface area contributed by atoms with Gasteiger partial charge in [0, 0.05) is 55.4 Å². The van der Waals surface area contributed by atoms with Crippen LogP contribution in [0.5, 0.6) is 0 Å². The average Bonchev–Trinajstić information content (AvgIpc) is 3.29. The summed E-state index contributed by atoms with van der Waals surface area (Å²) in [4.78, 5) is 21.5. The van der Waals surface area contributed by atoms with Crippen molar-refractivity contribution in [2.24, 2.45) is 0 Å². The highest BCUT2D eigenvalue weighted by atomic mass is 16.5. The van der Waals surface area contributed by atoms with Crippen molar-refractivity contribution in [3.05, 3.63) is 88.4 Å². The second-order valence-corrected chi connectivity index (χ2v) is 7.26. The van der Waals surface area contributed by atoms with Gasteiger partial charge in [-0.2, -0.15) is 10.2 Å². The zero-order chi connectivity index (χ0) is 21.8. The molecule has 0 radical (unpaired) electrons. The van der Waals surface area contributed by atoms with E-state index in [1.807, 2.05) is 49.0 Å². The van der Waals surface area contributed by atoms with Gasteiger partial charge in [0.05, 0.1) is 19.0 Å². The lowest BCUT2D eigenvalue weighted by Gasteiger charge is -2.13. The molecule has 1 atom stereocenters. The Bertz CT molecular complexity index is 1230. The fourth-order valence-electron chi connectivity index (χ4n) is 3.36. The quantitative estimate of drug-likeness (QED) is 0.460. The number of hydrogen-bond donors (Lipinski definition) is 0. The summed E-state index contributed by atoms with van der Waals surface area (Å²) in [5.74, 6) is 0.424. The Kier molecular flexibility index (Phi) is 5.99. The minimum absolute atomic E-state index is 0.0998. The normalized spacial score (nSPS) is 12.1. The first-order valence-corrected chi connectivity index (χ1v) is 10.1. The van der Waals surface area contributed by atoms with Crippen LogP contribution in [0.25, 0.3) is 17.1 Å². The molecule has 3 aromatic heterocycles. The largest absolute Gasteiger partial charge is 0.380 e. The predicted octanol–water partition coefficient (Wildman–Crippen LogP) is 3.20. The Labute approximate surface area is 180 Å². The molecule has 0 spiro atoms. The minimum atomic E-state index is -0.200. The molecule has 1 unspecified atom stereocenters. The summed E-state index contributed by atoms with van der Waals surface area (Å²) in [7, 11) is 1.64. The van der Waals surface area contributed by atoms with Crippen LogP contribution >= 0.6 is 0 Å². The van der Waals surface area contributed by atoms with E-state index in [9.17, 15) is 4.79 Å². The van der Waals surface area contributed by atoms with Crippen molar-refractivity contribution in [1.29, 1.82) is 0 Å². The number of ether oxygens (including phenoxy) is 1. The smallest absolute Gasteiger partial charge is 0.203 e. The van der Waals surface area contributed by atoms with Crippen molar-refractivity contribution in [1.82, 2.24) is 29.5 Å². The summed E-state index contributed by atoms with van der Waals surface area (Å²) >= 11 is 0. The predicted molar refractivity (Wildman–Crippen MR) is 117 cm³/mol. The maximum atomic E-state index is 12.6. The summed E-state index contributed by atoms with van der Waals surface area (Å²) in [6.07, 6.45) is 8.82. The molecule has 8 nitrogen and oxygen atoms in total. The number of hydrogen-bond acceptors (Lipinski definition) is 6. The zero-order valence-corrected chi connectivity index (χ0v) is 17.8. The van der Waals surface area contributed by atoms with Crippen molar-refractivity contribution in [3.63, 3.8) is 0 Å². The third-order valence-electron chi connectivity index (χ3n) is 5.11.